The zero-order valence-corrected chi connectivity index (χ0v) is 29.2. The molecule has 51 heavy (non-hydrogen) atoms. The summed E-state index contributed by atoms with van der Waals surface area (Å²) in [6.07, 6.45) is 0. The van der Waals surface area contributed by atoms with Gasteiger partial charge in [0, 0.05) is 28.2 Å². The van der Waals surface area contributed by atoms with Crippen molar-refractivity contribution in [3.8, 4) is 33.4 Å². The number of hydrogen-bond acceptors (Lipinski definition) is 0. The van der Waals surface area contributed by atoms with Crippen molar-refractivity contribution < 1.29 is 0 Å². The van der Waals surface area contributed by atoms with Crippen molar-refractivity contribution in [1.82, 2.24) is 4.57 Å². The molecular weight excluding hydrogens is 615 g/mol. The highest BCUT2D eigenvalue weighted by Crippen LogP contribution is 2.46. The van der Waals surface area contributed by atoms with E-state index >= 15 is 0 Å². The summed E-state index contributed by atoms with van der Waals surface area (Å²) in [6.45, 7) is 7.65. The molecule has 0 aliphatic carbocycles. The van der Waals surface area contributed by atoms with Gasteiger partial charge in [0.1, 0.15) is 0 Å². The van der Waals surface area contributed by atoms with Crippen LogP contribution >= 0.6 is 0 Å². The van der Waals surface area contributed by atoms with Crippen molar-refractivity contribution in [3.63, 3.8) is 0 Å². The molecule has 0 saturated carbocycles. The second kappa shape index (κ2) is 11.4. The third-order valence-electron chi connectivity index (χ3n) is 11.4. The van der Waals surface area contributed by atoms with Gasteiger partial charge in [-0.1, -0.05) is 146 Å². The molecule has 1 heteroatoms. The summed E-state index contributed by atoms with van der Waals surface area (Å²) in [7, 11) is 0. The van der Waals surface area contributed by atoms with Crippen LogP contribution in [0.5, 0.6) is 0 Å². The molecule has 0 spiro atoms. The molecule has 0 radical (unpaired) electrons. The number of benzene rings is 9. The van der Waals surface area contributed by atoms with Crippen LogP contribution in [0.25, 0.3) is 98.3 Å². The topological polar surface area (TPSA) is 4.93 Å². The molecule has 9 aromatic carbocycles. The van der Waals surface area contributed by atoms with Gasteiger partial charge in [-0.2, -0.15) is 0 Å². The fraction of sp³-hybridized carbons (Fsp3) is 0.0800. The van der Waals surface area contributed by atoms with Gasteiger partial charge in [-0.3, -0.25) is 0 Å². The monoisotopic (exact) mass is 651 g/mol. The van der Waals surface area contributed by atoms with Gasteiger partial charge < -0.3 is 4.57 Å². The van der Waals surface area contributed by atoms with E-state index in [1.54, 1.807) is 0 Å². The minimum atomic E-state index is 0.920. The predicted octanol–water partition coefficient (Wildman–Crippen LogP) is 14.0. The summed E-state index contributed by atoms with van der Waals surface area (Å²) in [4.78, 5) is 0. The van der Waals surface area contributed by atoms with E-state index in [2.05, 4.69) is 183 Å². The molecule has 0 amide bonds. The Morgan fingerprint density at radius 2 is 0.902 bits per heavy atom. The lowest BCUT2D eigenvalue weighted by molar-refractivity contribution is 0.829. The quantitative estimate of drug-likeness (QED) is 0.167. The van der Waals surface area contributed by atoms with Gasteiger partial charge in [0.15, 0.2) is 0 Å². The van der Waals surface area contributed by atoms with E-state index in [-0.39, 0.29) is 0 Å². The Morgan fingerprint density at radius 1 is 0.392 bits per heavy atom. The minimum absolute atomic E-state index is 0.920. The van der Waals surface area contributed by atoms with Crippen LogP contribution in [-0.2, 0) is 6.54 Å². The maximum atomic E-state index is 2.49. The Labute approximate surface area is 298 Å². The average Bonchev–Trinajstić information content (AvgIpc) is 3.51. The van der Waals surface area contributed by atoms with Crippen LogP contribution in [0.4, 0.5) is 0 Å². The molecule has 0 atom stereocenters. The first-order valence-corrected chi connectivity index (χ1v) is 18.1. The third-order valence-corrected chi connectivity index (χ3v) is 11.4. The summed E-state index contributed by atoms with van der Waals surface area (Å²) in [5.41, 5.74) is 12.9. The van der Waals surface area contributed by atoms with Crippen molar-refractivity contribution in [1.29, 1.82) is 0 Å². The van der Waals surface area contributed by atoms with Gasteiger partial charge in [0.05, 0.1) is 5.52 Å². The second-order valence-electron chi connectivity index (χ2n) is 14.0. The highest BCUT2D eigenvalue weighted by atomic mass is 15.0. The van der Waals surface area contributed by atoms with Crippen LogP contribution in [0.2, 0.25) is 0 Å². The van der Waals surface area contributed by atoms with E-state index in [4.69, 9.17) is 0 Å². The normalized spacial score (nSPS) is 11.9. The Morgan fingerprint density at radius 3 is 1.67 bits per heavy atom. The van der Waals surface area contributed by atoms with Crippen LogP contribution in [-0.4, -0.2) is 4.57 Å². The summed E-state index contributed by atoms with van der Waals surface area (Å²) in [5, 5.41) is 12.8. The lowest BCUT2D eigenvalue weighted by Crippen LogP contribution is -1.95. The third kappa shape index (κ3) is 4.34. The molecule has 0 aliphatic rings. The number of fused-ring (bicyclic) bond motifs is 8. The number of rotatable bonds is 4. The zero-order valence-electron chi connectivity index (χ0n) is 29.2. The number of nitrogens with zero attached hydrogens (tertiary/aromatic N) is 1. The van der Waals surface area contributed by atoms with E-state index in [0.717, 1.165) is 6.54 Å². The second-order valence-corrected chi connectivity index (χ2v) is 14.0. The fourth-order valence-corrected chi connectivity index (χ4v) is 8.88. The van der Waals surface area contributed by atoms with Crippen LogP contribution in [0, 0.1) is 13.8 Å². The largest absolute Gasteiger partial charge is 0.340 e. The molecule has 10 rings (SSSR count). The number of hydrogen-bond donors (Lipinski definition) is 0. The molecule has 0 bridgehead atoms. The summed E-state index contributed by atoms with van der Waals surface area (Å²) in [5.74, 6) is 0. The molecule has 10 aromatic rings. The van der Waals surface area contributed by atoms with Crippen molar-refractivity contribution in [3.05, 3.63) is 169 Å². The molecule has 0 N–H and O–H groups in total. The van der Waals surface area contributed by atoms with Crippen LogP contribution < -0.4 is 0 Å². The Hall–Kier alpha value is -6.18. The maximum absolute atomic E-state index is 2.49. The van der Waals surface area contributed by atoms with Gasteiger partial charge in [0.25, 0.3) is 0 Å². The number of aryl methyl sites for hydroxylation is 2. The first-order valence-electron chi connectivity index (χ1n) is 18.1. The van der Waals surface area contributed by atoms with E-state index < -0.39 is 0 Å². The van der Waals surface area contributed by atoms with Crippen LogP contribution in [0.3, 0.4) is 0 Å². The van der Waals surface area contributed by atoms with Crippen molar-refractivity contribution in [2.45, 2.75) is 27.3 Å². The molecule has 242 valence electrons. The molecule has 0 saturated heterocycles. The smallest absolute Gasteiger partial charge is 0.0571 e. The lowest BCUT2D eigenvalue weighted by atomic mass is 9.84. The molecule has 1 heterocycles. The van der Waals surface area contributed by atoms with Crippen LogP contribution in [0.15, 0.2) is 158 Å². The Kier molecular flexibility index (Phi) is 6.66. The van der Waals surface area contributed by atoms with Gasteiger partial charge in [0.2, 0.25) is 0 Å². The first kappa shape index (κ1) is 29.7. The van der Waals surface area contributed by atoms with Gasteiger partial charge >= 0.3 is 0 Å². The maximum Gasteiger partial charge on any atom is 0.0571 e. The lowest BCUT2D eigenvalue weighted by Gasteiger charge is -2.20. The molecule has 0 unspecified atom stereocenters. The predicted molar refractivity (Wildman–Crippen MR) is 221 cm³/mol. The highest BCUT2D eigenvalue weighted by Gasteiger charge is 2.20. The molecular formula is C50H37N. The van der Waals surface area contributed by atoms with Crippen molar-refractivity contribution in [2.75, 3.05) is 0 Å². The van der Waals surface area contributed by atoms with Gasteiger partial charge in [-0.05, 0) is 115 Å². The molecule has 1 aromatic heterocycles. The Balaban J connectivity index is 1.36. The standard InChI is InChI=1S/C50H37N/c1-4-51-48-27-8-7-18-40(48)45-29-28-39-37(21-13-26-44(39)50(45)51)38-22-12-25-43-47(38)30-46-36(34-19-9-14-31(2)32(34)3)20-11-24-42(46)49(43)41-23-10-16-33-15-5-6-17-35(33)41/h5-30H,4H2,1-3H3. The average molecular weight is 652 g/mol. The number of para-hydroxylation sites is 1. The van der Waals surface area contributed by atoms with E-state index in [1.165, 1.54) is 109 Å². The van der Waals surface area contributed by atoms with E-state index in [0.29, 0.717) is 0 Å². The van der Waals surface area contributed by atoms with Crippen molar-refractivity contribution in [2.24, 2.45) is 0 Å². The van der Waals surface area contributed by atoms with Crippen LogP contribution in [0.1, 0.15) is 18.1 Å². The van der Waals surface area contributed by atoms with Gasteiger partial charge in [-0.15, -0.1) is 0 Å². The molecule has 1 nitrogen and oxygen atoms in total. The minimum Gasteiger partial charge on any atom is -0.340 e. The van der Waals surface area contributed by atoms with Gasteiger partial charge in [-0.25, -0.2) is 0 Å². The summed E-state index contributed by atoms with van der Waals surface area (Å²) >= 11 is 0. The first-order chi connectivity index (χ1) is 25.1. The van der Waals surface area contributed by atoms with Crippen molar-refractivity contribution >= 4 is 64.9 Å². The molecule has 0 fully saturated rings. The summed E-state index contributed by atoms with van der Waals surface area (Å²) < 4.78 is 2.49. The van der Waals surface area contributed by atoms with E-state index in [9.17, 15) is 0 Å². The molecule has 0 aliphatic heterocycles. The van der Waals surface area contributed by atoms with E-state index in [1.807, 2.05) is 0 Å². The number of aromatic nitrogens is 1. The fourth-order valence-electron chi connectivity index (χ4n) is 8.88. The highest BCUT2D eigenvalue weighted by molar-refractivity contribution is 6.24. The summed E-state index contributed by atoms with van der Waals surface area (Å²) in [6, 6.07) is 58.9. The Bertz CT molecular complexity index is 3020. The zero-order chi connectivity index (χ0) is 34.2. The SMILES string of the molecule is CCn1c2ccccc2c2ccc3c(-c4cccc5c(-c6cccc7ccccc67)c6cccc(-c7cccc(C)c7C)c6cc45)cccc3c21.